The second-order valence-electron chi connectivity index (χ2n) is 8.47. The number of benzene rings is 3. The van der Waals surface area contributed by atoms with E-state index >= 15 is 0 Å². The minimum Gasteiger partial charge on any atom is -0.459 e. The fourth-order valence-corrected chi connectivity index (χ4v) is 5.34. The van der Waals surface area contributed by atoms with Gasteiger partial charge in [-0.25, -0.2) is 9.96 Å². The van der Waals surface area contributed by atoms with Gasteiger partial charge in [0.2, 0.25) is 5.91 Å². The first kappa shape index (κ1) is 23.3. The van der Waals surface area contributed by atoms with Crippen molar-refractivity contribution in [2.75, 3.05) is 9.96 Å². The van der Waals surface area contributed by atoms with E-state index in [1.54, 1.807) is 59.7 Å². The minimum absolute atomic E-state index is 0.352. The molecule has 0 saturated carbocycles. The molecule has 3 heterocycles. The molecule has 3 aromatic carbocycles. The number of hydrogen-bond donors (Lipinski definition) is 0. The number of fused-ring (bicyclic) bond motifs is 1. The van der Waals surface area contributed by atoms with E-state index in [2.05, 4.69) is 15.9 Å². The maximum Gasteiger partial charge on any atom is 0.266 e. The predicted octanol–water partition coefficient (Wildman–Crippen LogP) is 7.07. The van der Waals surface area contributed by atoms with Crippen molar-refractivity contribution >= 4 is 62.3 Å². The maximum absolute atomic E-state index is 13.7. The molecule has 3 atom stereocenters. The van der Waals surface area contributed by atoms with Gasteiger partial charge >= 0.3 is 0 Å². The number of amides is 2. The number of halogens is 3. The van der Waals surface area contributed by atoms with E-state index in [1.807, 2.05) is 30.3 Å². The van der Waals surface area contributed by atoms with Crippen molar-refractivity contribution in [3.63, 3.8) is 0 Å². The van der Waals surface area contributed by atoms with Gasteiger partial charge in [-0.1, -0.05) is 57.3 Å². The molecule has 2 aliphatic heterocycles. The zero-order valence-electron chi connectivity index (χ0n) is 18.5. The molecule has 9 heteroatoms. The highest BCUT2D eigenvalue weighted by molar-refractivity contribution is 9.10. The van der Waals surface area contributed by atoms with E-state index in [4.69, 9.17) is 32.5 Å². The Balaban J connectivity index is 1.43. The van der Waals surface area contributed by atoms with Gasteiger partial charge in [-0.15, -0.1) is 0 Å². The largest absolute Gasteiger partial charge is 0.459 e. The Kier molecular flexibility index (Phi) is 5.88. The standard InChI is InChI=1S/C27H17BrCl2N2O4/c28-15-6-9-17(10-7-15)31-26(33)23-24(32(36-25(23)27(31)34)18-4-2-1-3-5-18)22-13-12-21(35-22)19-14-16(29)8-11-20(19)30/h1-14,23-25H/t23-,24+,25+/m0/s1. The lowest BCUT2D eigenvalue weighted by Crippen LogP contribution is -2.37. The van der Waals surface area contributed by atoms with Gasteiger partial charge in [0.05, 0.1) is 16.4 Å². The summed E-state index contributed by atoms with van der Waals surface area (Å²) in [5.74, 6) is -0.614. The Labute approximate surface area is 225 Å². The molecule has 0 aliphatic carbocycles. The summed E-state index contributed by atoms with van der Waals surface area (Å²) in [6.07, 6.45) is -0.991. The Morgan fingerprint density at radius 3 is 2.31 bits per heavy atom. The van der Waals surface area contributed by atoms with Crippen LogP contribution >= 0.6 is 39.1 Å². The number of para-hydroxylation sites is 1. The summed E-state index contributed by atoms with van der Waals surface area (Å²) < 4.78 is 7.08. The van der Waals surface area contributed by atoms with Gasteiger partial charge in [0.15, 0.2) is 6.10 Å². The van der Waals surface area contributed by atoms with E-state index in [0.717, 1.165) is 4.47 Å². The number of hydroxylamine groups is 1. The molecule has 6 nitrogen and oxygen atoms in total. The van der Waals surface area contributed by atoms with E-state index in [-0.39, 0.29) is 5.91 Å². The molecule has 36 heavy (non-hydrogen) atoms. The minimum atomic E-state index is -0.991. The smallest absolute Gasteiger partial charge is 0.266 e. The first-order valence-electron chi connectivity index (χ1n) is 11.1. The van der Waals surface area contributed by atoms with E-state index in [0.29, 0.717) is 38.5 Å². The second kappa shape index (κ2) is 9.09. The van der Waals surface area contributed by atoms with Crippen molar-refractivity contribution in [2.24, 2.45) is 5.92 Å². The van der Waals surface area contributed by atoms with Crippen LogP contribution in [0.15, 0.2) is 93.8 Å². The van der Waals surface area contributed by atoms with Crippen LogP contribution in [0.2, 0.25) is 10.0 Å². The van der Waals surface area contributed by atoms with Crippen molar-refractivity contribution < 1.29 is 18.8 Å². The van der Waals surface area contributed by atoms with E-state index in [1.165, 1.54) is 4.90 Å². The molecule has 2 amide bonds. The number of imide groups is 1. The lowest BCUT2D eigenvalue weighted by Gasteiger charge is -2.27. The molecule has 2 saturated heterocycles. The maximum atomic E-state index is 13.7. The van der Waals surface area contributed by atoms with Crippen LogP contribution in [-0.4, -0.2) is 17.9 Å². The molecule has 0 N–H and O–H groups in total. The Hall–Kier alpha value is -3.10. The lowest BCUT2D eigenvalue weighted by molar-refractivity contribution is -0.126. The Morgan fingerprint density at radius 1 is 0.806 bits per heavy atom. The summed E-state index contributed by atoms with van der Waals surface area (Å²) in [5.41, 5.74) is 1.82. The molecule has 2 fully saturated rings. The van der Waals surface area contributed by atoms with Crippen molar-refractivity contribution in [1.82, 2.24) is 0 Å². The molecule has 4 aromatic rings. The fraction of sp³-hybridized carbons (Fsp3) is 0.111. The summed E-state index contributed by atoms with van der Waals surface area (Å²) in [7, 11) is 0. The van der Waals surface area contributed by atoms with Crippen molar-refractivity contribution in [3.05, 3.63) is 105 Å². The molecule has 0 spiro atoms. The molecule has 180 valence electrons. The Morgan fingerprint density at radius 2 is 1.56 bits per heavy atom. The molecule has 0 bridgehead atoms. The number of carbonyl (C=O) groups excluding carboxylic acids is 2. The van der Waals surface area contributed by atoms with Gasteiger partial charge in [-0.3, -0.25) is 14.4 Å². The second-order valence-corrected chi connectivity index (χ2v) is 10.2. The monoisotopic (exact) mass is 582 g/mol. The van der Waals surface area contributed by atoms with Crippen LogP contribution in [0.4, 0.5) is 11.4 Å². The van der Waals surface area contributed by atoms with Crippen LogP contribution in [0.3, 0.4) is 0 Å². The van der Waals surface area contributed by atoms with Gasteiger partial charge in [0.1, 0.15) is 23.5 Å². The molecule has 1 aromatic heterocycles. The van der Waals surface area contributed by atoms with Crippen molar-refractivity contribution in [3.8, 4) is 11.3 Å². The van der Waals surface area contributed by atoms with Gasteiger partial charge in [-0.05, 0) is 66.7 Å². The summed E-state index contributed by atoms with van der Waals surface area (Å²) in [6, 6.07) is 24.3. The quantitative estimate of drug-likeness (QED) is 0.240. The summed E-state index contributed by atoms with van der Waals surface area (Å²) >= 11 is 16.0. The Bertz CT molecular complexity index is 1470. The number of carbonyl (C=O) groups is 2. The van der Waals surface area contributed by atoms with Crippen LogP contribution in [0.1, 0.15) is 11.8 Å². The van der Waals surface area contributed by atoms with Crippen LogP contribution in [0.5, 0.6) is 0 Å². The average Bonchev–Trinajstić information content (AvgIpc) is 3.57. The highest BCUT2D eigenvalue weighted by Crippen LogP contribution is 2.48. The number of anilines is 2. The third-order valence-electron chi connectivity index (χ3n) is 6.32. The molecule has 6 rings (SSSR count). The molecule has 0 radical (unpaired) electrons. The predicted molar refractivity (Wildman–Crippen MR) is 141 cm³/mol. The highest BCUT2D eigenvalue weighted by atomic mass is 79.9. The average molecular weight is 584 g/mol. The fourth-order valence-electron chi connectivity index (χ4n) is 4.69. The van der Waals surface area contributed by atoms with Gasteiger partial charge < -0.3 is 4.42 Å². The number of nitrogens with zero attached hydrogens (tertiary/aromatic N) is 2. The topological polar surface area (TPSA) is 63.0 Å². The van der Waals surface area contributed by atoms with Crippen LogP contribution in [0.25, 0.3) is 11.3 Å². The molecular weight excluding hydrogens is 567 g/mol. The number of hydrogen-bond acceptors (Lipinski definition) is 5. The molecule has 0 unspecified atom stereocenters. The lowest BCUT2D eigenvalue weighted by atomic mass is 9.94. The van der Waals surface area contributed by atoms with Crippen LogP contribution < -0.4 is 9.96 Å². The van der Waals surface area contributed by atoms with E-state index in [9.17, 15) is 9.59 Å². The summed E-state index contributed by atoms with van der Waals surface area (Å²) in [4.78, 5) is 34.5. The van der Waals surface area contributed by atoms with Gasteiger partial charge in [-0.2, -0.15) is 0 Å². The highest BCUT2D eigenvalue weighted by Gasteiger charge is 2.61. The zero-order chi connectivity index (χ0) is 25.0. The number of furan rings is 1. The van der Waals surface area contributed by atoms with Crippen LogP contribution in [0, 0.1) is 5.92 Å². The number of rotatable bonds is 4. The first-order valence-corrected chi connectivity index (χ1v) is 12.7. The van der Waals surface area contributed by atoms with Crippen molar-refractivity contribution in [2.45, 2.75) is 12.1 Å². The van der Waals surface area contributed by atoms with E-state index < -0.39 is 24.0 Å². The van der Waals surface area contributed by atoms with Crippen molar-refractivity contribution in [1.29, 1.82) is 0 Å². The molecular formula is C27H17BrCl2N2O4. The zero-order valence-corrected chi connectivity index (χ0v) is 21.6. The summed E-state index contributed by atoms with van der Waals surface area (Å²) in [6.45, 7) is 0. The van der Waals surface area contributed by atoms with Gasteiger partial charge in [0, 0.05) is 15.1 Å². The third kappa shape index (κ3) is 3.83. The van der Waals surface area contributed by atoms with Crippen LogP contribution in [-0.2, 0) is 14.4 Å². The SMILES string of the molecule is O=C1[C@H]2[C@@H](c3ccc(-c4cc(Cl)ccc4Cl)o3)N(c3ccccc3)O[C@H]2C(=O)N1c1ccc(Br)cc1. The first-order chi connectivity index (χ1) is 17.4. The third-order valence-corrected chi connectivity index (χ3v) is 7.42. The summed E-state index contributed by atoms with van der Waals surface area (Å²) in [5, 5.41) is 2.59. The normalized spacial score (nSPS) is 21.4. The van der Waals surface area contributed by atoms with Gasteiger partial charge in [0.25, 0.3) is 5.91 Å². The molecule has 2 aliphatic rings.